The molecule has 3 aromatic heterocycles. The van der Waals surface area contributed by atoms with Crippen molar-refractivity contribution in [2.24, 2.45) is 11.3 Å². The van der Waals surface area contributed by atoms with Gasteiger partial charge in [-0.25, -0.2) is 9.37 Å². The topological polar surface area (TPSA) is 71.0 Å². The molecule has 0 bridgehead atoms. The lowest BCUT2D eigenvalue weighted by atomic mass is 9.71. The third-order valence-electron chi connectivity index (χ3n) is 7.31. The summed E-state index contributed by atoms with van der Waals surface area (Å²) in [5.41, 5.74) is -0.294. The molecule has 174 valence electrons. The van der Waals surface area contributed by atoms with Gasteiger partial charge in [-0.05, 0) is 60.6 Å². The molecule has 1 spiro atoms. The van der Waals surface area contributed by atoms with Crippen molar-refractivity contribution in [2.75, 3.05) is 11.9 Å². The summed E-state index contributed by atoms with van der Waals surface area (Å²) in [6.07, 6.45) is 1.14. The molecule has 4 heterocycles. The van der Waals surface area contributed by atoms with Crippen LogP contribution in [0.4, 0.5) is 23.4 Å². The molecule has 3 aliphatic rings. The number of hydrogen-bond acceptors (Lipinski definition) is 5. The first-order valence-corrected chi connectivity index (χ1v) is 10.9. The number of halogens is 4. The van der Waals surface area contributed by atoms with Gasteiger partial charge in [0, 0.05) is 31.2 Å². The highest BCUT2D eigenvalue weighted by Gasteiger charge is 2.75. The van der Waals surface area contributed by atoms with E-state index in [1.807, 2.05) is 0 Å². The summed E-state index contributed by atoms with van der Waals surface area (Å²) in [6, 6.07) is 8.05. The standard InChI is InChI=1S/C24H19F4N5O/c25-16-4-2-8-30-20(16)19-15(3-1-7-29-19)22(34)33-12-14-9-23(14)10-17(21(23)33)32-18-6-5-13(11-31-18)24(26,27)28/h1-8,11,14,17,21H,9-10,12H2,(H,31,32). The van der Waals surface area contributed by atoms with Gasteiger partial charge in [-0.3, -0.25) is 14.8 Å². The highest BCUT2D eigenvalue weighted by Crippen LogP contribution is 2.71. The number of aromatic nitrogens is 3. The maximum atomic E-state index is 14.4. The van der Waals surface area contributed by atoms with Gasteiger partial charge in [0.2, 0.25) is 0 Å². The van der Waals surface area contributed by atoms with Gasteiger partial charge >= 0.3 is 6.18 Å². The lowest BCUT2D eigenvalue weighted by molar-refractivity contribution is -0.137. The van der Waals surface area contributed by atoms with Crippen LogP contribution in [0.25, 0.3) is 11.4 Å². The molecule has 34 heavy (non-hydrogen) atoms. The molecule has 3 fully saturated rings. The molecular formula is C24H19F4N5O. The van der Waals surface area contributed by atoms with Crippen molar-refractivity contribution in [3.8, 4) is 11.4 Å². The molecule has 1 aliphatic heterocycles. The monoisotopic (exact) mass is 469 g/mol. The number of nitrogens with one attached hydrogen (secondary N) is 1. The molecule has 1 saturated heterocycles. The van der Waals surface area contributed by atoms with Crippen LogP contribution in [0.2, 0.25) is 0 Å². The van der Waals surface area contributed by atoms with Gasteiger partial charge in [0.15, 0.2) is 5.82 Å². The lowest BCUT2D eigenvalue weighted by Gasteiger charge is -2.48. The van der Waals surface area contributed by atoms with Gasteiger partial charge in [-0.2, -0.15) is 13.2 Å². The zero-order valence-corrected chi connectivity index (χ0v) is 17.8. The summed E-state index contributed by atoms with van der Waals surface area (Å²) >= 11 is 0. The highest BCUT2D eigenvalue weighted by molar-refractivity contribution is 6.00. The summed E-state index contributed by atoms with van der Waals surface area (Å²) in [5, 5.41) is 3.21. The number of anilines is 1. The molecule has 2 aliphatic carbocycles. The van der Waals surface area contributed by atoms with E-state index in [1.54, 1.807) is 17.0 Å². The molecule has 3 aromatic rings. The van der Waals surface area contributed by atoms with Crippen molar-refractivity contribution in [1.82, 2.24) is 19.9 Å². The van der Waals surface area contributed by atoms with Crippen LogP contribution in [0.1, 0.15) is 28.8 Å². The quantitative estimate of drug-likeness (QED) is 0.574. The average molecular weight is 469 g/mol. The van der Waals surface area contributed by atoms with Crippen LogP contribution in [0.3, 0.4) is 0 Å². The fourth-order valence-electron chi connectivity index (χ4n) is 5.68. The van der Waals surface area contributed by atoms with E-state index in [0.717, 1.165) is 25.1 Å². The summed E-state index contributed by atoms with van der Waals surface area (Å²) in [6.45, 7) is 0.584. The Balaban J connectivity index is 1.26. The van der Waals surface area contributed by atoms with Crippen LogP contribution in [-0.2, 0) is 6.18 Å². The number of pyridine rings is 3. The Hall–Kier alpha value is -3.56. The number of alkyl halides is 3. The predicted molar refractivity (Wildman–Crippen MR) is 114 cm³/mol. The van der Waals surface area contributed by atoms with Crippen molar-refractivity contribution in [2.45, 2.75) is 31.1 Å². The number of hydrogen-bond donors (Lipinski definition) is 1. The smallest absolute Gasteiger partial charge is 0.365 e. The first-order chi connectivity index (χ1) is 16.3. The van der Waals surface area contributed by atoms with Gasteiger partial charge in [-0.15, -0.1) is 0 Å². The van der Waals surface area contributed by atoms with E-state index in [9.17, 15) is 22.4 Å². The molecule has 10 heteroatoms. The van der Waals surface area contributed by atoms with E-state index in [0.29, 0.717) is 18.3 Å². The van der Waals surface area contributed by atoms with Crippen LogP contribution < -0.4 is 5.32 Å². The van der Waals surface area contributed by atoms with Crippen molar-refractivity contribution in [1.29, 1.82) is 0 Å². The average Bonchev–Trinajstić information content (AvgIpc) is 3.47. The number of nitrogens with zero attached hydrogens (tertiary/aromatic N) is 4. The molecule has 0 radical (unpaired) electrons. The minimum Gasteiger partial charge on any atom is -0.365 e. The second kappa shape index (κ2) is 7.22. The number of piperidine rings is 1. The molecule has 0 aromatic carbocycles. The normalized spacial score (nSPS) is 26.9. The van der Waals surface area contributed by atoms with Gasteiger partial charge in [0.1, 0.15) is 17.2 Å². The van der Waals surface area contributed by atoms with Crippen LogP contribution in [0.5, 0.6) is 0 Å². The van der Waals surface area contributed by atoms with Crippen LogP contribution in [0.15, 0.2) is 55.0 Å². The Morgan fingerprint density at radius 2 is 1.79 bits per heavy atom. The fraction of sp³-hybridized carbons (Fsp3) is 0.333. The van der Waals surface area contributed by atoms with Gasteiger partial charge < -0.3 is 10.2 Å². The van der Waals surface area contributed by atoms with E-state index in [1.165, 1.54) is 30.6 Å². The molecule has 1 N–H and O–H groups in total. The van der Waals surface area contributed by atoms with Crippen molar-refractivity contribution in [3.63, 3.8) is 0 Å². The van der Waals surface area contributed by atoms with E-state index in [4.69, 9.17) is 0 Å². The summed E-state index contributed by atoms with van der Waals surface area (Å²) in [5.74, 6) is -0.0853. The minimum absolute atomic E-state index is 0.0164. The van der Waals surface area contributed by atoms with Crippen LogP contribution in [0, 0.1) is 17.2 Å². The molecule has 4 unspecified atom stereocenters. The van der Waals surface area contributed by atoms with Crippen LogP contribution >= 0.6 is 0 Å². The van der Waals surface area contributed by atoms with Gasteiger partial charge in [0.05, 0.1) is 17.2 Å². The third-order valence-corrected chi connectivity index (χ3v) is 7.31. The molecule has 6 rings (SSSR count). The SMILES string of the molecule is O=C(c1cccnc1-c1ncccc1F)N1CC2CC23CC(Nc2ccc(C(F)(F)F)cn2)C13. The number of amides is 1. The van der Waals surface area contributed by atoms with Gasteiger partial charge in [0.25, 0.3) is 5.91 Å². The Morgan fingerprint density at radius 3 is 2.50 bits per heavy atom. The van der Waals surface area contributed by atoms with Gasteiger partial charge in [-0.1, -0.05) is 0 Å². The zero-order valence-electron chi connectivity index (χ0n) is 17.8. The maximum absolute atomic E-state index is 14.4. The predicted octanol–water partition coefficient (Wildman–Crippen LogP) is 4.41. The minimum atomic E-state index is -4.45. The highest BCUT2D eigenvalue weighted by atomic mass is 19.4. The Bertz CT molecular complexity index is 1280. The second-order valence-corrected chi connectivity index (χ2v) is 9.15. The maximum Gasteiger partial charge on any atom is 0.417 e. The van der Waals surface area contributed by atoms with Crippen LogP contribution in [-0.4, -0.2) is 44.4 Å². The zero-order chi connectivity index (χ0) is 23.7. The van der Waals surface area contributed by atoms with Crippen molar-refractivity contribution >= 4 is 11.7 Å². The Labute approximate surface area is 192 Å². The number of rotatable bonds is 4. The van der Waals surface area contributed by atoms with Crippen molar-refractivity contribution < 1.29 is 22.4 Å². The first-order valence-electron chi connectivity index (χ1n) is 10.9. The third kappa shape index (κ3) is 3.15. The fourth-order valence-corrected chi connectivity index (χ4v) is 5.68. The summed E-state index contributed by atoms with van der Waals surface area (Å²) in [4.78, 5) is 27.6. The number of carbonyl (C=O) groups excluding carboxylic acids is 1. The van der Waals surface area contributed by atoms with E-state index >= 15 is 0 Å². The first kappa shape index (κ1) is 21.0. The molecule has 1 amide bonds. The summed E-state index contributed by atoms with van der Waals surface area (Å²) < 4.78 is 52.9. The Morgan fingerprint density at radius 1 is 1.03 bits per heavy atom. The Kier molecular flexibility index (Phi) is 4.46. The largest absolute Gasteiger partial charge is 0.417 e. The van der Waals surface area contributed by atoms with E-state index < -0.39 is 17.6 Å². The molecule has 6 nitrogen and oxygen atoms in total. The number of likely N-dealkylation sites (tertiary alicyclic amines) is 1. The van der Waals surface area contributed by atoms with Crippen molar-refractivity contribution in [3.05, 3.63) is 71.9 Å². The summed E-state index contributed by atoms with van der Waals surface area (Å²) in [7, 11) is 0. The van der Waals surface area contributed by atoms with E-state index in [-0.39, 0.29) is 40.4 Å². The van der Waals surface area contributed by atoms with E-state index in [2.05, 4.69) is 20.3 Å². The molecular weight excluding hydrogens is 450 g/mol. The lowest BCUT2D eigenvalue weighted by Crippen LogP contribution is -2.60. The second-order valence-electron chi connectivity index (χ2n) is 9.15. The molecule has 4 atom stereocenters. The molecule has 2 saturated carbocycles. The number of carbonyl (C=O) groups is 1.